The Balaban J connectivity index is 1.25. The van der Waals surface area contributed by atoms with Crippen LogP contribution in [0.5, 0.6) is 11.5 Å². The van der Waals surface area contributed by atoms with E-state index in [9.17, 15) is 22.4 Å². The summed E-state index contributed by atoms with van der Waals surface area (Å²) < 4.78 is 64.8. The van der Waals surface area contributed by atoms with Gasteiger partial charge in [-0.2, -0.15) is 0 Å². The van der Waals surface area contributed by atoms with Crippen molar-refractivity contribution in [3.63, 3.8) is 0 Å². The molecule has 7 heteroatoms. The molecule has 0 radical (unpaired) electrons. The molecule has 0 spiro atoms. The Kier molecular flexibility index (Phi) is 8.34. The summed E-state index contributed by atoms with van der Waals surface area (Å²) in [5.41, 5.74) is -0.416. The molecule has 0 bridgehead atoms. The summed E-state index contributed by atoms with van der Waals surface area (Å²) in [6.07, 6.45) is 11.4. The van der Waals surface area contributed by atoms with Gasteiger partial charge in [-0.05, 0) is 74.3 Å². The number of ether oxygens (including phenoxy) is 2. The largest absolute Gasteiger partial charge is 0.493 e. The summed E-state index contributed by atoms with van der Waals surface area (Å²) in [6, 6.07) is 4.81. The quantitative estimate of drug-likeness (QED) is 0.171. The van der Waals surface area contributed by atoms with Crippen LogP contribution in [0.25, 0.3) is 0 Å². The third-order valence-electron chi connectivity index (χ3n) is 7.84. The molecule has 3 nitrogen and oxygen atoms in total. The van der Waals surface area contributed by atoms with Crippen molar-refractivity contribution < 1.29 is 31.8 Å². The van der Waals surface area contributed by atoms with Gasteiger partial charge in [0.2, 0.25) is 0 Å². The van der Waals surface area contributed by atoms with Crippen molar-refractivity contribution in [2.45, 2.75) is 64.7 Å². The lowest BCUT2D eigenvalue weighted by Gasteiger charge is -2.37. The topological polar surface area (TPSA) is 35.5 Å². The minimum absolute atomic E-state index is 0.304. The van der Waals surface area contributed by atoms with Gasteiger partial charge in [0.15, 0.2) is 17.5 Å². The number of hydrogen-bond donors (Lipinski definition) is 0. The second kappa shape index (κ2) is 11.4. The molecule has 0 unspecified atom stereocenters. The van der Waals surface area contributed by atoms with E-state index in [1.807, 2.05) is 0 Å². The van der Waals surface area contributed by atoms with Crippen LogP contribution in [0.2, 0.25) is 0 Å². The second-order valence-corrected chi connectivity index (χ2v) is 10.0. The minimum Gasteiger partial charge on any atom is -0.493 e. The lowest BCUT2D eigenvalue weighted by atomic mass is 9.69. The van der Waals surface area contributed by atoms with E-state index in [1.54, 1.807) is 0 Å². The summed E-state index contributed by atoms with van der Waals surface area (Å²) in [4.78, 5) is 12.2. The number of carbonyl (C=O) groups excluding carboxylic acids is 1. The summed E-state index contributed by atoms with van der Waals surface area (Å²) in [7, 11) is 0. The molecular weight excluding hydrogens is 460 g/mol. The summed E-state index contributed by atoms with van der Waals surface area (Å²) in [5.74, 6) is -3.94. The molecule has 0 N–H and O–H groups in total. The fourth-order valence-corrected chi connectivity index (χ4v) is 5.61. The third-order valence-corrected chi connectivity index (χ3v) is 7.84. The van der Waals surface area contributed by atoms with Gasteiger partial charge in [-0.1, -0.05) is 26.2 Å². The average molecular weight is 493 g/mol. The Hall–Kier alpha value is -2.57. The van der Waals surface area contributed by atoms with Gasteiger partial charge in [-0.3, -0.25) is 0 Å². The summed E-state index contributed by atoms with van der Waals surface area (Å²) in [6.45, 7) is 2.78. The number of rotatable bonds is 7. The standard InChI is InChI=1S/C28H32F4O3/c1-2-17-3-7-19(8-4-17)20-9-5-18(6-10-20)16-34-21-11-12-23(24(29)13-21)28(33)35-22-14-25(30)27(32)26(31)15-22/h11-15,17-20H,2-10,16H2,1H3. The monoisotopic (exact) mass is 492 g/mol. The van der Waals surface area contributed by atoms with Crippen LogP contribution in [0.3, 0.4) is 0 Å². The Labute approximate surface area is 203 Å². The van der Waals surface area contributed by atoms with Crippen LogP contribution < -0.4 is 9.47 Å². The zero-order valence-corrected chi connectivity index (χ0v) is 20.0. The van der Waals surface area contributed by atoms with Crippen LogP contribution in [-0.2, 0) is 0 Å². The SMILES string of the molecule is CCC1CCC(C2CCC(COc3ccc(C(=O)Oc4cc(F)c(F)c(F)c4)c(F)c3)CC2)CC1. The van der Waals surface area contributed by atoms with Gasteiger partial charge < -0.3 is 9.47 Å². The van der Waals surface area contributed by atoms with Crippen LogP contribution in [0.15, 0.2) is 30.3 Å². The van der Waals surface area contributed by atoms with E-state index in [2.05, 4.69) is 6.92 Å². The van der Waals surface area contributed by atoms with Gasteiger partial charge in [-0.15, -0.1) is 0 Å². The van der Waals surface area contributed by atoms with Gasteiger partial charge in [0.1, 0.15) is 17.3 Å². The summed E-state index contributed by atoms with van der Waals surface area (Å²) in [5, 5.41) is 0. The van der Waals surface area contributed by atoms with Gasteiger partial charge >= 0.3 is 5.97 Å². The van der Waals surface area contributed by atoms with Crippen molar-refractivity contribution in [3.8, 4) is 11.5 Å². The van der Waals surface area contributed by atoms with E-state index in [-0.39, 0.29) is 0 Å². The van der Waals surface area contributed by atoms with E-state index in [0.29, 0.717) is 30.4 Å². The number of hydrogen-bond acceptors (Lipinski definition) is 3. The number of benzene rings is 2. The highest BCUT2D eigenvalue weighted by Crippen LogP contribution is 2.42. The van der Waals surface area contributed by atoms with E-state index in [1.165, 1.54) is 57.1 Å². The Morgan fingerprint density at radius 1 is 0.771 bits per heavy atom. The minimum atomic E-state index is -1.68. The molecular formula is C28H32F4O3. The molecule has 0 heterocycles. The van der Waals surface area contributed by atoms with Crippen LogP contribution in [-0.4, -0.2) is 12.6 Å². The predicted octanol–water partition coefficient (Wildman–Crippen LogP) is 7.86. The van der Waals surface area contributed by atoms with Crippen molar-refractivity contribution in [2.24, 2.45) is 23.7 Å². The molecule has 2 aromatic carbocycles. The van der Waals surface area contributed by atoms with E-state index >= 15 is 0 Å². The first-order valence-corrected chi connectivity index (χ1v) is 12.6. The Bertz CT molecular complexity index is 1000. The molecule has 2 aliphatic carbocycles. The second-order valence-electron chi connectivity index (χ2n) is 10.0. The van der Waals surface area contributed by atoms with Crippen LogP contribution >= 0.6 is 0 Å². The predicted molar refractivity (Wildman–Crippen MR) is 124 cm³/mol. The number of esters is 1. The van der Waals surface area contributed by atoms with Crippen molar-refractivity contribution in [1.29, 1.82) is 0 Å². The first-order chi connectivity index (χ1) is 16.8. The molecule has 2 aromatic rings. The molecule has 0 saturated heterocycles. The third kappa shape index (κ3) is 6.36. The highest BCUT2D eigenvalue weighted by molar-refractivity contribution is 5.91. The van der Waals surface area contributed by atoms with Crippen LogP contribution in [0.4, 0.5) is 17.6 Å². The zero-order valence-electron chi connectivity index (χ0n) is 20.0. The Morgan fingerprint density at radius 3 is 1.86 bits per heavy atom. The average Bonchev–Trinajstić information content (AvgIpc) is 2.86. The van der Waals surface area contributed by atoms with Gasteiger partial charge in [0, 0.05) is 18.2 Å². The molecule has 2 saturated carbocycles. The normalized spacial score (nSPS) is 24.7. The molecule has 0 amide bonds. The van der Waals surface area contributed by atoms with Gasteiger partial charge in [0.25, 0.3) is 0 Å². The zero-order chi connectivity index (χ0) is 24.9. The van der Waals surface area contributed by atoms with Crippen LogP contribution in [0, 0.1) is 46.9 Å². The molecule has 2 fully saturated rings. The maximum absolute atomic E-state index is 14.5. The number of halogens is 4. The van der Waals surface area contributed by atoms with E-state index in [0.717, 1.165) is 36.7 Å². The molecule has 2 aliphatic rings. The first kappa shape index (κ1) is 25.5. The van der Waals surface area contributed by atoms with Crippen molar-refractivity contribution in [2.75, 3.05) is 6.61 Å². The van der Waals surface area contributed by atoms with E-state index in [4.69, 9.17) is 9.47 Å². The molecule has 0 aromatic heterocycles. The highest BCUT2D eigenvalue weighted by atomic mass is 19.2. The first-order valence-electron chi connectivity index (χ1n) is 12.6. The smallest absolute Gasteiger partial charge is 0.346 e. The lowest BCUT2D eigenvalue weighted by Crippen LogP contribution is -2.27. The lowest BCUT2D eigenvalue weighted by molar-refractivity contribution is 0.0728. The molecule has 35 heavy (non-hydrogen) atoms. The fraction of sp³-hybridized carbons (Fsp3) is 0.536. The molecule has 190 valence electrons. The van der Waals surface area contributed by atoms with Gasteiger partial charge in [0.05, 0.1) is 12.2 Å². The molecule has 0 aliphatic heterocycles. The van der Waals surface area contributed by atoms with Crippen LogP contribution in [0.1, 0.15) is 75.1 Å². The fourth-order valence-electron chi connectivity index (χ4n) is 5.61. The van der Waals surface area contributed by atoms with Gasteiger partial charge in [-0.25, -0.2) is 22.4 Å². The Morgan fingerprint density at radius 2 is 1.31 bits per heavy atom. The maximum atomic E-state index is 14.5. The van der Waals surface area contributed by atoms with Crippen molar-refractivity contribution >= 4 is 5.97 Å². The number of carbonyl (C=O) groups is 1. The van der Waals surface area contributed by atoms with Crippen molar-refractivity contribution in [3.05, 3.63) is 59.2 Å². The summed E-state index contributed by atoms with van der Waals surface area (Å²) >= 11 is 0. The molecule has 4 rings (SSSR count). The van der Waals surface area contributed by atoms with E-state index < -0.39 is 40.6 Å². The molecule has 0 atom stereocenters. The maximum Gasteiger partial charge on any atom is 0.346 e. The van der Waals surface area contributed by atoms with Crippen molar-refractivity contribution in [1.82, 2.24) is 0 Å². The highest BCUT2D eigenvalue weighted by Gasteiger charge is 2.30.